The van der Waals surface area contributed by atoms with Crippen LogP contribution in [-0.2, 0) is 23.8 Å². The molecule has 2 spiro atoms. The highest BCUT2D eigenvalue weighted by Gasteiger charge is 2.84. The highest BCUT2D eigenvalue weighted by Crippen LogP contribution is 2.89. The quantitative estimate of drug-likeness (QED) is 0.342. The van der Waals surface area contributed by atoms with Gasteiger partial charge in [0.05, 0.1) is 37.6 Å². The van der Waals surface area contributed by atoms with Gasteiger partial charge in [0, 0.05) is 24.9 Å². The van der Waals surface area contributed by atoms with E-state index in [9.17, 15) is 19.8 Å². The molecular formula is C40H64N2O7. The molecule has 2 N–H and O–H groups in total. The number of carboxylic acids is 1. The lowest BCUT2D eigenvalue weighted by Crippen LogP contribution is -2.60. The van der Waals surface area contributed by atoms with E-state index in [4.69, 9.17) is 14.2 Å². The van der Waals surface area contributed by atoms with E-state index in [1.807, 2.05) is 16.8 Å². The Kier molecular flexibility index (Phi) is 8.25. The van der Waals surface area contributed by atoms with Crippen molar-refractivity contribution in [3.63, 3.8) is 0 Å². The normalized spacial score (nSPS) is 50.4. The van der Waals surface area contributed by atoms with E-state index < -0.39 is 18.1 Å². The van der Waals surface area contributed by atoms with E-state index in [1.165, 1.54) is 38.5 Å². The van der Waals surface area contributed by atoms with Crippen molar-refractivity contribution in [1.82, 2.24) is 9.80 Å². The summed E-state index contributed by atoms with van der Waals surface area (Å²) in [6, 6.07) is -0.570. The third-order valence-electron chi connectivity index (χ3n) is 17.2. The van der Waals surface area contributed by atoms with Gasteiger partial charge in [0.25, 0.3) is 0 Å². The topological polar surface area (TPSA) is 109 Å². The molecule has 14 atom stereocenters. The van der Waals surface area contributed by atoms with Crippen molar-refractivity contribution in [3.05, 3.63) is 0 Å². The summed E-state index contributed by atoms with van der Waals surface area (Å²) < 4.78 is 19.9. The van der Waals surface area contributed by atoms with Crippen LogP contribution in [0.5, 0.6) is 0 Å². The van der Waals surface area contributed by atoms with Crippen molar-refractivity contribution in [2.24, 2.45) is 56.7 Å². The maximum absolute atomic E-state index is 12.9. The largest absolute Gasteiger partial charge is 0.480 e. The summed E-state index contributed by atoms with van der Waals surface area (Å²) in [6.45, 7) is 16.3. The summed E-state index contributed by atoms with van der Waals surface area (Å²) in [5.41, 5.74) is 0.368. The highest BCUT2D eigenvalue weighted by molar-refractivity contribution is 5.76. The number of rotatable bonds is 8. The molecule has 2 heterocycles. The molecule has 8 aliphatic rings. The van der Waals surface area contributed by atoms with Crippen LogP contribution in [-0.4, -0.2) is 102 Å². The number of fused-ring (bicyclic) bond motifs is 4. The van der Waals surface area contributed by atoms with E-state index in [0.717, 1.165) is 25.7 Å². The number of carboxylic acid groups (broad SMARTS) is 1. The van der Waals surface area contributed by atoms with Crippen molar-refractivity contribution in [3.8, 4) is 0 Å². The Hall–Kier alpha value is -1.26. The Morgan fingerprint density at radius 2 is 1.73 bits per heavy atom. The van der Waals surface area contributed by atoms with Crippen molar-refractivity contribution in [2.75, 3.05) is 33.3 Å². The average Bonchev–Trinajstić information content (AvgIpc) is 3.97. The number of aliphatic hydroxyl groups is 1. The molecule has 6 aliphatic carbocycles. The second-order valence-corrected chi connectivity index (χ2v) is 19.5. The Morgan fingerprint density at radius 3 is 2.45 bits per heavy atom. The molecule has 2 saturated heterocycles. The van der Waals surface area contributed by atoms with Crippen LogP contribution in [0.25, 0.3) is 0 Å². The van der Waals surface area contributed by atoms with Gasteiger partial charge in [-0.05, 0) is 129 Å². The molecule has 8 fully saturated rings. The molecule has 9 nitrogen and oxygen atoms in total. The molecule has 6 saturated carbocycles. The Morgan fingerprint density at radius 1 is 1.02 bits per heavy atom. The van der Waals surface area contributed by atoms with Gasteiger partial charge in [-0.15, -0.1) is 0 Å². The molecule has 9 heteroatoms. The fourth-order valence-corrected chi connectivity index (χ4v) is 14.2. The van der Waals surface area contributed by atoms with Crippen LogP contribution in [0.3, 0.4) is 0 Å². The molecule has 8 rings (SSSR count). The first kappa shape index (κ1) is 34.8. The monoisotopic (exact) mass is 684 g/mol. The van der Waals surface area contributed by atoms with Gasteiger partial charge >= 0.3 is 5.97 Å². The van der Waals surface area contributed by atoms with Crippen LogP contribution in [0.1, 0.15) is 112 Å². The van der Waals surface area contributed by atoms with Gasteiger partial charge in [0.2, 0.25) is 5.91 Å². The Labute approximate surface area is 294 Å². The minimum Gasteiger partial charge on any atom is -0.480 e. The average molecular weight is 685 g/mol. The number of amides is 1. The summed E-state index contributed by atoms with van der Waals surface area (Å²) >= 11 is 0. The van der Waals surface area contributed by atoms with Crippen LogP contribution in [0, 0.1) is 56.7 Å². The predicted octanol–water partition coefficient (Wildman–Crippen LogP) is 5.57. The zero-order valence-electron chi connectivity index (χ0n) is 31.3. The molecule has 3 unspecified atom stereocenters. The first-order valence-corrected chi connectivity index (χ1v) is 19.9. The van der Waals surface area contributed by atoms with Crippen molar-refractivity contribution >= 4 is 11.9 Å². The smallest absolute Gasteiger partial charge is 0.320 e. The van der Waals surface area contributed by atoms with Gasteiger partial charge in [-0.2, -0.15) is 0 Å². The molecule has 2 aliphatic heterocycles. The minimum atomic E-state index is -0.816. The molecule has 0 aromatic rings. The van der Waals surface area contributed by atoms with E-state index in [0.29, 0.717) is 67.7 Å². The van der Waals surface area contributed by atoms with Gasteiger partial charge in [-0.1, -0.05) is 34.6 Å². The number of carbonyl (C=O) groups excluding carboxylic acids is 1. The predicted molar refractivity (Wildman–Crippen MR) is 184 cm³/mol. The van der Waals surface area contributed by atoms with Gasteiger partial charge < -0.3 is 29.3 Å². The summed E-state index contributed by atoms with van der Waals surface area (Å²) in [6.07, 6.45) is 11.1. The summed E-state index contributed by atoms with van der Waals surface area (Å²) in [7, 11) is 1.87. The molecular weight excluding hydrogens is 620 g/mol. The van der Waals surface area contributed by atoms with E-state index in [2.05, 4.69) is 34.6 Å². The number of ether oxygens (including phenoxy) is 3. The maximum atomic E-state index is 12.9. The first-order valence-electron chi connectivity index (χ1n) is 19.9. The maximum Gasteiger partial charge on any atom is 0.320 e. The van der Waals surface area contributed by atoms with Crippen molar-refractivity contribution in [1.29, 1.82) is 0 Å². The van der Waals surface area contributed by atoms with Crippen molar-refractivity contribution in [2.45, 2.75) is 149 Å². The third kappa shape index (κ3) is 4.93. The lowest BCUT2D eigenvalue weighted by Gasteiger charge is -2.64. The van der Waals surface area contributed by atoms with Crippen LogP contribution in [0.15, 0.2) is 0 Å². The lowest BCUT2D eigenvalue weighted by molar-refractivity contribution is -0.248. The summed E-state index contributed by atoms with van der Waals surface area (Å²) in [5.74, 6) is 1.80. The first-order chi connectivity index (χ1) is 23.1. The second-order valence-electron chi connectivity index (χ2n) is 19.5. The van der Waals surface area contributed by atoms with Crippen LogP contribution in [0.4, 0.5) is 0 Å². The Balaban J connectivity index is 0.985. The molecule has 0 bridgehead atoms. The number of aliphatic carboxylic acids is 1. The number of carbonyl (C=O) groups is 2. The SMILES string of the molecule is C[C@@H]1CC(CN(C)[C@@H](C)C(=O)O)OC2[C@H]1[C@@]1(C)CC[C@@]34C[C@@]35CC[C@H](O[C@H]3CN(C(=O)CC6CC6)CCO3)C(C)(C)[C@@H]5CCC4[C@]1(C)[C@H]2O. The van der Waals surface area contributed by atoms with Crippen LogP contribution < -0.4 is 0 Å². The van der Waals surface area contributed by atoms with E-state index >= 15 is 0 Å². The standard InChI is InChI=1S/C40H64N2O7/c1-23-18-26(20-41(7)24(2)35(45)46)48-33-32(23)37(5)14-15-40-22-39(40)13-12-29(36(3,4)27(39)10-11-28(40)38(37,6)34(33)44)49-31-21-42(16-17-47-31)30(43)19-25-8-9-25/h23-29,31-34,44H,8-22H2,1-7H3,(H,45,46)/t23-,24+,26?,27+,28?,29+,31+,32+,33?,34+,37-,38-,39-,40+/m1/s1. The molecule has 276 valence electrons. The molecule has 0 radical (unpaired) electrons. The summed E-state index contributed by atoms with van der Waals surface area (Å²) in [5, 5.41) is 22.1. The zero-order chi connectivity index (χ0) is 34.9. The number of nitrogens with zero attached hydrogens (tertiary/aromatic N) is 2. The van der Waals surface area contributed by atoms with Crippen LogP contribution >= 0.6 is 0 Å². The van der Waals surface area contributed by atoms with Gasteiger partial charge in [0.15, 0.2) is 6.29 Å². The van der Waals surface area contributed by atoms with E-state index in [1.54, 1.807) is 6.92 Å². The molecule has 0 aromatic carbocycles. The molecule has 0 aromatic heterocycles. The fraction of sp³-hybridized carbons (Fsp3) is 0.950. The number of hydrogen-bond acceptors (Lipinski definition) is 7. The van der Waals surface area contributed by atoms with Crippen molar-refractivity contribution < 1.29 is 34.0 Å². The second kappa shape index (κ2) is 11.6. The minimum absolute atomic E-state index is 0.00424. The van der Waals surface area contributed by atoms with Gasteiger partial charge in [-0.3, -0.25) is 14.5 Å². The number of morpholine rings is 1. The number of aliphatic hydroxyl groups excluding tert-OH is 1. The molecule has 49 heavy (non-hydrogen) atoms. The highest BCUT2D eigenvalue weighted by atomic mass is 16.7. The number of likely N-dealkylation sites (N-methyl/N-ethyl adjacent to an activating group) is 1. The Bertz CT molecular complexity index is 1340. The van der Waals surface area contributed by atoms with Crippen LogP contribution in [0.2, 0.25) is 0 Å². The lowest BCUT2D eigenvalue weighted by atomic mass is 9.41. The summed E-state index contributed by atoms with van der Waals surface area (Å²) in [4.78, 5) is 28.4. The fourth-order valence-electron chi connectivity index (χ4n) is 14.2. The van der Waals surface area contributed by atoms with Gasteiger partial charge in [-0.25, -0.2) is 0 Å². The number of hydrogen-bond donors (Lipinski definition) is 2. The van der Waals surface area contributed by atoms with Gasteiger partial charge in [0.1, 0.15) is 6.04 Å². The molecule has 1 amide bonds. The van der Waals surface area contributed by atoms with E-state index in [-0.39, 0.29) is 52.2 Å². The third-order valence-corrected chi connectivity index (χ3v) is 17.2. The zero-order valence-corrected chi connectivity index (χ0v) is 31.3.